The zero-order valence-corrected chi connectivity index (χ0v) is 25.8. The molecule has 13 nitrogen and oxygen atoms in total. The lowest BCUT2D eigenvalue weighted by Gasteiger charge is -2.34. The van der Waals surface area contributed by atoms with Crippen molar-refractivity contribution in [2.24, 2.45) is 0 Å². The molecule has 2 bridgehead atoms. The highest BCUT2D eigenvalue weighted by Crippen LogP contribution is 2.45. The Morgan fingerprint density at radius 3 is 2.79 bits per heavy atom. The van der Waals surface area contributed by atoms with Gasteiger partial charge in [-0.15, -0.1) is 0 Å². The number of sulfonamides is 1. The van der Waals surface area contributed by atoms with E-state index in [1.54, 1.807) is 29.3 Å². The minimum atomic E-state index is -4.55. The van der Waals surface area contributed by atoms with E-state index in [0.29, 0.717) is 42.3 Å². The lowest BCUT2D eigenvalue weighted by Crippen LogP contribution is -2.45. The molecule has 4 aromatic rings. The third-order valence-corrected chi connectivity index (χ3v) is 10.4. The van der Waals surface area contributed by atoms with Crippen LogP contribution in [0.3, 0.4) is 0 Å². The number of benzene rings is 2. The largest absolute Gasteiger partial charge is 0.474 e. The number of hydrogen-bond acceptors (Lipinski definition) is 10. The minimum Gasteiger partial charge on any atom is -0.474 e. The summed E-state index contributed by atoms with van der Waals surface area (Å²) in [5.74, 6) is -3.33. The van der Waals surface area contributed by atoms with Gasteiger partial charge >= 0.3 is 0 Å². The maximum absolute atomic E-state index is 14.4. The molecular weight excluding hydrogens is 636 g/mol. The fraction of sp³-hybridized carbons (Fsp3) is 0.355. The first-order chi connectivity index (χ1) is 22.5. The molecule has 0 spiro atoms. The fourth-order valence-electron chi connectivity index (χ4n) is 6.89. The summed E-state index contributed by atoms with van der Waals surface area (Å²) in [5.41, 5.74) is 1.23. The SMILES string of the molecule is O=C(NS(=O)(=O)c1ccc(NCCN2C3CCCC2C(F)(F)C3)c([N+](=O)[O-])c1)c1ccccc1N1CCOc2nc3[nH]ccc3cc21. The first kappa shape index (κ1) is 30.8. The van der Waals surface area contributed by atoms with E-state index in [0.717, 1.165) is 23.9 Å². The summed E-state index contributed by atoms with van der Waals surface area (Å²) >= 11 is 0. The molecule has 2 fully saturated rings. The number of anilines is 3. The average Bonchev–Trinajstić information content (AvgIpc) is 3.55. The van der Waals surface area contributed by atoms with E-state index in [2.05, 4.69) is 15.3 Å². The normalized spacial score (nSPS) is 20.4. The number of carbonyl (C=O) groups is 1. The topological polar surface area (TPSA) is 163 Å². The molecule has 0 radical (unpaired) electrons. The molecule has 0 saturated carbocycles. The number of ether oxygens (including phenoxy) is 1. The number of nitrogens with zero attached hydrogens (tertiary/aromatic N) is 4. The molecule has 2 atom stereocenters. The quantitative estimate of drug-likeness (QED) is 0.167. The Morgan fingerprint density at radius 1 is 1.15 bits per heavy atom. The number of nitrogens with one attached hydrogen (secondary N) is 3. The summed E-state index contributed by atoms with van der Waals surface area (Å²) in [6.45, 7) is 1.05. The van der Waals surface area contributed by atoms with Gasteiger partial charge in [0.25, 0.3) is 27.5 Å². The van der Waals surface area contributed by atoms with Crippen molar-refractivity contribution >= 4 is 49.7 Å². The van der Waals surface area contributed by atoms with Gasteiger partial charge in [0.15, 0.2) is 0 Å². The van der Waals surface area contributed by atoms with Gasteiger partial charge < -0.3 is 19.9 Å². The number of pyridine rings is 1. The number of hydrogen-bond donors (Lipinski definition) is 3. The van der Waals surface area contributed by atoms with Crippen molar-refractivity contribution in [3.8, 4) is 5.88 Å². The van der Waals surface area contributed by atoms with Crippen molar-refractivity contribution in [3.63, 3.8) is 0 Å². The van der Waals surface area contributed by atoms with Gasteiger partial charge in [-0.05, 0) is 49.2 Å². The Kier molecular flexibility index (Phi) is 7.71. The van der Waals surface area contributed by atoms with Crippen LogP contribution in [0.4, 0.5) is 31.5 Å². The molecule has 7 rings (SSSR count). The molecule has 2 unspecified atom stereocenters. The molecule has 2 aromatic heterocycles. The highest BCUT2D eigenvalue weighted by Gasteiger charge is 2.54. The van der Waals surface area contributed by atoms with Gasteiger partial charge in [-0.3, -0.25) is 19.8 Å². The lowest BCUT2D eigenvalue weighted by atomic mass is 10.0. The molecule has 3 aliphatic heterocycles. The number of carbonyl (C=O) groups excluding carboxylic acids is 1. The summed E-state index contributed by atoms with van der Waals surface area (Å²) < 4.78 is 63.3. The van der Waals surface area contributed by atoms with E-state index >= 15 is 0 Å². The maximum Gasteiger partial charge on any atom is 0.293 e. The predicted molar refractivity (Wildman–Crippen MR) is 169 cm³/mol. The smallest absolute Gasteiger partial charge is 0.293 e. The first-order valence-electron chi connectivity index (χ1n) is 15.2. The Bertz CT molecular complexity index is 1990. The number of nitro benzene ring substituents is 1. The summed E-state index contributed by atoms with van der Waals surface area (Å²) in [4.78, 5) is 35.3. The second-order valence-corrected chi connectivity index (χ2v) is 13.5. The number of amides is 1. The second-order valence-electron chi connectivity index (χ2n) is 11.8. The predicted octanol–water partition coefficient (Wildman–Crippen LogP) is 4.79. The third kappa shape index (κ3) is 5.71. The molecule has 3 N–H and O–H groups in total. The van der Waals surface area contributed by atoms with Crippen LogP contribution in [0.25, 0.3) is 11.0 Å². The van der Waals surface area contributed by atoms with Crippen molar-refractivity contribution in [2.45, 2.75) is 48.6 Å². The Morgan fingerprint density at radius 2 is 1.98 bits per heavy atom. The molecular formula is C31H31F2N7O6S. The van der Waals surface area contributed by atoms with Gasteiger partial charge in [-0.25, -0.2) is 21.9 Å². The Hall–Kier alpha value is -4.83. The van der Waals surface area contributed by atoms with E-state index in [9.17, 15) is 32.1 Å². The second kappa shape index (κ2) is 11.8. The zero-order valence-electron chi connectivity index (χ0n) is 25.0. The highest BCUT2D eigenvalue weighted by molar-refractivity contribution is 7.90. The molecule has 47 heavy (non-hydrogen) atoms. The average molecular weight is 668 g/mol. The van der Waals surface area contributed by atoms with Crippen LogP contribution in [-0.2, 0) is 10.0 Å². The van der Waals surface area contributed by atoms with E-state index < -0.39 is 43.4 Å². The lowest BCUT2D eigenvalue weighted by molar-refractivity contribution is -0.384. The number of aromatic amines is 1. The van der Waals surface area contributed by atoms with Crippen LogP contribution in [0.15, 0.2) is 65.7 Å². The van der Waals surface area contributed by atoms with Crippen molar-refractivity contribution in [3.05, 3.63) is 76.5 Å². The van der Waals surface area contributed by atoms with Gasteiger partial charge in [-0.1, -0.05) is 18.6 Å². The maximum atomic E-state index is 14.4. The van der Waals surface area contributed by atoms with Gasteiger partial charge in [0.05, 0.1) is 33.7 Å². The van der Waals surface area contributed by atoms with Crippen LogP contribution in [0.1, 0.15) is 36.0 Å². The van der Waals surface area contributed by atoms with E-state index in [1.807, 2.05) is 21.8 Å². The minimum absolute atomic E-state index is 0.0397. The standard InChI is InChI=1S/C31H31F2N7O6S/c32-31(33)18-20-4-3-7-27(31)38(20)13-12-34-23-9-8-21(17-25(23)40(42)43)47(44,45)37-29(41)22-5-1-2-6-24(22)39-14-15-46-30-26(39)16-19-10-11-35-28(19)36-30/h1-2,5-6,8-11,16-17,20,27,34H,3-4,7,12-15,18H2,(H,35,36)(H,37,41). The van der Waals surface area contributed by atoms with Crippen LogP contribution in [-0.4, -0.2) is 78.4 Å². The van der Waals surface area contributed by atoms with Crippen molar-refractivity contribution < 1.29 is 31.7 Å². The number of H-pyrrole nitrogens is 1. The molecule has 5 heterocycles. The van der Waals surface area contributed by atoms with Gasteiger partial charge in [0.2, 0.25) is 5.88 Å². The number of para-hydroxylation sites is 1. The van der Waals surface area contributed by atoms with Crippen molar-refractivity contribution in [1.82, 2.24) is 19.6 Å². The molecule has 16 heteroatoms. The molecule has 2 saturated heterocycles. The van der Waals surface area contributed by atoms with Crippen LogP contribution >= 0.6 is 0 Å². The van der Waals surface area contributed by atoms with Crippen LogP contribution in [0.2, 0.25) is 0 Å². The summed E-state index contributed by atoms with van der Waals surface area (Å²) in [5, 5.41) is 15.7. The highest BCUT2D eigenvalue weighted by atomic mass is 32.2. The van der Waals surface area contributed by atoms with Crippen LogP contribution < -0.4 is 19.7 Å². The zero-order chi connectivity index (χ0) is 32.9. The van der Waals surface area contributed by atoms with Crippen molar-refractivity contribution in [2.75, 3.05) is 36.5 Å². The summed E-state index contributed by atoms with van der Waals surface area (Å²) in [6, 6.07) is 12.4. The number of halogens is 2. The molecule has 1 amide bonds. The Balaban J connectivity index is 1.09. The van der Waals surface area contributed by atoms with Gasteiger partial charge in [-0.2, -0.15) is 4.98 Å². The number of aromatic nitrogens is 2. The number of piperidine rings is 1. The number of alkyl halides is 2. The molecule has 246 valence electrons. The summed E-state index contributed by atoms with van der Waals surface area (Å²) in [6.07, 6.45) is 3.39. The van der Waals surface area contributed by atoms with E-state index in [4.69, 9.17) is 4.74 Å². The molecule has 0 aliphatic carbocycles. The third-order valence-electron chi connectivity index (χ3n) is 9.03. The van der Waals surface area contributed by atoms with Crippen molar-refractivity contribution in [1.29, 1.82) is 0 Å². The van der Waals surface area contributed by atoms with Gasteiger partial charge in [0.1, 0.15) is 23.6 Å². The number of fused-ring (bicyclic) bond motifs is 4. The van der Waals surface area contributed by atoms with E-state index in [1.165, 1.54) is 12.1 Å². The molecule has 3 aliphatic rings. The first-order valence-corrected chi connectivity index (χ1v) is 16.7. The summed E-state index contributed by atoms with van der Waals surface area (Å²) in [7, 11) is -4.55. The monoisotopic (exact) mass is 667 g/mol. The Labute approximate surface area is 268 Å². The number of nitro groups is 1. The molecule has 2 aromatic carbocycles. The van der Waals surface area contributed by atoms with Gasteiger partial charge in [0, 0.05) is 43.2 Å². The van der Waals surface area contributed by atoms with Crippen LogP contribution in [0, 0.1) is 10.1 Å². The van der Waals surface area contributed by atoms with Crippen LogP contribution in [0.5, 0.6) is 5.88 Å². The number of rotatable bonds is 9. The van der Waals surface area contributed by atoms with E-state index in [-0.39, 0.29) is 43.4 Å². The fourth-order valence-corrected chi connectivity index (χ4v) is 7.87.